The summed E-state index contributed by atoms with van der Waals surface area (Å²) in [5.41, 5.74) is 12.3. The lowest BCUT2D eigenvalue weighted by molar-refractivity contribution is -0.132. The third-order valence-corrected chi connectivity index (χ3v) is 2.84. The molecule has 0 radical (unpaired) electrons. The van der Waals surface area contributed by atoms with E-state index in [2.05, 4.69) is 9.97 Å². The molecule has 0 aliphatic carbocycles. The lowest BCUT2D eigenvalue weighted by Gasteiger charge is -2.12. The standard InChI is InChI=1S/C15H15N5O3/c1-3-22-12-6-9(4-5-11(12)23-8(2)21)13-10(7-16)14(17)20-15(18)19-13/h4-6H,3H2,1-2H3,(H4,17,18,19,20). The summed E-state index contributed by atoms with van der Waals surface area (Å²) in [6, 6.07) is 6.74. The van der Waals surface area contributed by atoms with E-state index in [-0.39, 0.29) is 28.8 Å². The molecule has 0 fully saturated rings. The molecule has 0 amide bonds. The van der Waals surface area contributed by atoms with Crippen molar-refractivity contribution in [2.75, 3.05) is 18.1 Å². The van der Waals surface area contributed by atoms with Gasteiger partial charge in [-0.3, -0.25) is 4.79 Å². The van der Waals surface area contributed by atoms with Crippen LogP contribution >= 0.6 is 0 Å². The van der Waals surface area contributed by atoms with Gasteiger partial charge in [0, 0.05) is 12.5 Å². The van der Waals surface area contributed by atoms with Crippen molar-refractivity contribution in [2.24, 2.45) is 0 Å². The highest BCUT2D eigenvalue weighted by Gasteiger charge is 2.16. The number of esters is 1. The highest BCUT2D eigenvalue weighted by Crippen LogP contribution is 2.34. The summed E-state index contributed by atoms with van der Waals surface area (Å²) in [5.74, 6) is 0.110. The van der Waals surface area contributed by atoms with E-state index < -0.39 is 5.97 Å². The maximum Gasteiger partial charge on any atom is 0.308 e. The fourth-order valence-electron chi connectivity index (χ4n) is 1.98. The first-order chi connectivity index (χ1) is 11.0. The molecule has 2 aromatic rings. The summed E-state index contributed by atoms with van der Waals surface area (Å²) in [5, 5.41) is 9.25. The molecular weight excluding hydrogens is 298 g/mol. The number of hydrogen-bond donors (Lipinski definition) is 2. The van der Waals surface area contributed by atoms with Crippen LogP contribution in [0.15, 0.2) is 18.2 Å². The molecule has 0 atom stereocenters. The third kappa shape index (κ3) is 3.47. The Labute approximate surface area is 132 Å². The van der Waals surface area contributed by atoms with E-state index >= 15 is 0 Å². The van der Waals surface area contributed by atoms with Gasteiger partial charge in [0.15, 0.2) is 11.5 Å². The first-order valence-electron chi connectivity index (χ1n) is 6.75. The number of hydrogen-bond acceptors (Lipinski definition) is 8. The smallest absolute Gasteiger partial charge is 0.308 e. The van der Waals surface area contributed by atoms with E-state index in [0.717, 1.165) is 0 Å². The summed E-state index contributed by atoms with van der Waals surface area (Å²) in [7, 11) is 0. The number of carbonyl (C=O) groups is 1. The van der Waals surface area contributed by atoms with Gasteiger partial charge in [-0.15, -0.1) is 0 Å². The van der Waals surface area contributed by atoms with Crippen LogP contribution in [0.2, 0.25) is 0 Å². The van der Waals surface area contributed by atoms with Crippen molar-refractivity contribution in [3.05, 3.63) is 23.8 Å². The molecular formula is C15H15N5O3. The number of ether oxygens (including phenoxy) is 2. The maximum absolute atomic E-state index is 11.1. The van der Waals surface area contributed by atoms with Crippen LogP contribution in [0.25, 0.3) is 11.3 Å². The number of nitrogen functional groups attached to an aromatic ring is 2. The molecule has 0 saturated carbocycles. The Balaban J connectivity index is 2.59. The summed E-state index contributed by atoms with van der Waals surface area (Å²) < 4.78 is 10.5. The second-order valence-electron chi connectivity index (χ2n) is 4.49. The number of rotatable bonds is 4. The van der Waals surface area contributed by atoms with E-state index in [0.29, 0.717) is 17.9 Å². The fourth-order valence-corrected chi connectivity index (χ4v) is 1.98. The molecule has 2 rings (SSSR count). The monoisotopic (exact) mass is 313 g/mol. The second kappa shape index (κ2) is 6.62. The summed E-state index contributed by atoms with van der Waals surface area (Å²) in [4.78, 5) is 19.0. The van der Waals surface area contributed by atoms with E-state index in [4.69, 9.17) is 20.9 Å². The number of nitriles is 1. The first-order valence-corrected chi connectivity index (χ1v) is 6.75. The molecule has 118 valence electrons. The van der Waals surface area contributed by atoms with Gasteiger partial charge in [-0.25, -0.2) is 4.98 Å². The van der Waals surface area contributed by atoms with Crippen LogP contribution in [0.1, 0.15) is 19.4 Å². The van der Waals surface area contributed by atoms with Gasteiger partial charge < -0.3 is 20.9 Å². The van der Waals surface area contributed by atoms with Crippen LogP contribution in [0.4, 0.5) is 11.8 Å². The summed E-state index contributed by atoms with van der Waals surface area (Å²) in [6.45, 7) is 3.46. The van der Waals surface area contributed by atoms with E-state index in [9.17, 15) is 10.1 Å². The average Bonchev–Trinajstić information content (AvgIpc) is 2.48. The molecule has 0 saturated heterocycles. The highest BCUT2D eigenvalue weighted by molar-refractivity contribution is 5.76. The molecule has 8 heteroatoms. The van der Waals surface area contributed by atoms with Gasteiger partial charge in [0.2, 0.25) is 5.95 Å². The predicted octanol–water partition coefficient (Wildman–Crippen LogP) is 1.50. The van der Waals surface area contributed by atoms with Gasteiger partial charge in [0.25, 0.3) is 0 Å². The number of benzene rings is 1. The minimum absolute atomic E-state index is 0.00276. The van der Waals surface area contributed by atoms with Gasteiger partial charge in [-0.2, -0.15) is 10.2 Å². The minimum Gasteiger partial charge on any atom is -0.490 e. The zero-order valence-corrected chi connectivity index (χ0v) is 12.7. The Morgan fingerprint density at radius 1 is 1.30 bits per heavy atom. The zero-order chi connectivity index (χ0) is 17.0. The summed E-state index contributed by atoms with van der Waals surface area (Å²) >= 11 is 0. The Bertz CT molecular complexity index is 798. The van der Waals surface area contributed by atoms with Gasteiger partial charge in [-0.05, 0) is 25.1 Å². The Hall–Kier alpha value is -3.34. The largest absolute Gasteiger partial charge is 0.490 e. The lowest BCUT2D eigenvalue weighted by atomic mass is 10.1. The van der Waals surface area contributed by atoms with Crippen molar-refractivity contribution in [2.45, 2.75) is 13.8 Å². The zero-order valence-electron chi connectivity index (χ0n) is 12.7. The van der Waals surface area contributed by atoms with Gasteiger partial charge >= 0.3 is 5.97 Å². The predicted molar refractivity (Wildman–Crippen MR) is 83.5 cm³/mol. The molecule has 1 aromatic heterocycles. The van der Waals surface area contributed by atoms with E-state index in [1.807, 2.05) is 6.07 Å². The van der Waals surface area contributed by atoms with Crippen LogP contribution < -0.4 is 20.9 Å². The van der Waals surface area contributed by atoms with Gasteiger partial charge in [0.05, 0.1) is 12.3 Å². The SMILES string of the molecule is CCOc1cc(-c2nc(N)nc(N)c2C#N)ccc1OC(C)=O. The maximum atomic E-state index is 11.1. The number of anilines is 2. The molecule has 1 heterocycles. The number of nitrogens with zero attached hydrogens (tertiary/aromatic N) is 3. The van der Waals surface area contributed by atoms with Gasteiger partial charge in [0.1, 0.15) is 17.5 Å². The lowest BCUT2D eigenvalue weighted by Crippen LogP contribution is -2.06. The number of aromatic nitrogens is 2. The molecule has 4 N–H and O–H groups in total. The van der Waals surface area contributed by atoms with Crippen LogP contribution in [0, 0.1) is 11.3 Å². The Morgan fingerprint density at radius 2 is 2.04 bits per heavy atom. The molecule has 0 aliphatic heterocycles. The topological polar surface area (TPSA) is 137 Å². The Kier molecular flexibility index (Phi) is 4.61. The normalized spacial score (nSPS) is 9.96. The molecule has 0 unspecified atom stereocenters. The molecule has 0 aliphatic rings. The van der Waals surface area contributed by atoms with E-state index in [1.165, 1.54) is 6.92 Å². The summed E-state index contributed by atoms with van der Waals surface area (Å²) in [6.07, 6.45) is 0. The molecule has 0 bridgehead atoms. The molecule has 23 heavy (non-hydrogen) atoms. The molecule has 0 spiro atoms. The average molecular weight is 313 g/mol. The quantitative estimate of drug-likeness (QED) is 0.640. The van der Waals surface area contributed by atoms with Crippen molar-refractivity contribution in [3.63, 3.8) is 0 Å². The number of nitrogens with two attached hydrogens (primary N) is 2. The second-order valence-corrected chi connectivity index (χ2v) is 4.49. The Morgan fingerprint density at radius 3 is 2.65 bits per heavy atom. The van der Waals surface area contributed by atoms with Crippen LogP contribution in [0.5, 0.6) is 11.5 Å². The molecule has 8 nitrogen and oxygen atoms in total. The van der Waals surface area contributed by atoms with Crippen LogP contribution in [-0.2, 0) is 4.79 Å². The first kappa shape index (κ1) is 16.0. The van der Waals surface area contributed by atoms with Crippen molar-refractivity contribution in [3.8, 4) is 28.8 Å². The molecule has 1 aromatic carbocycles. The van der Waals surface area contributed by atoms with Crippen molar-refractivity contribution in [1.82, 2.24) is 9.97 Å². The third-order valence-electron chi connectivity index (χ3n) is 2.84. The number of carbonyl (C=O) groups excluding carboxylic acids is 1. The van der Waals surface area contributed by atoms with Crippen molar-refractivity contribution >= 4 is 17.7 Å². The van der Waals surface area contributed by atoms with Crippen LogP contribution in [-0.4, -0.2) is 22.5 Å². The fraction of sp³-hybridized carbons (Fsp3) is 0.200. The minimum atomic E-state index is -0.466. The van der Waals surface area contributed by atoms with E-state index in [1.54, 1.807) is 25.1 Å². The highest BCUT2D eigenvalue weighted by atomic mass is 16.6. The van der Waals surface area contributed by atoms with Crippen molar-refractivity contribution in [1.29, 1.82) is 5.26 Å². The van der Waals surface area contributed by atoms with Crippen LogP contribution in [0.3, 0.4) is 0 Å². The van der Waals surface area contributed by atoms with Crippen molar-refractivity contribution < 1.29 is 14.3 Å². The van der Waals surface area contributed by atoms with Gasteiger partial charge in [-0.1, -0.05) is 0 Å².